The number of benzene rings is 3. The summed E-state index contributed by atoms with van der Waals surface area (Å²) in [5.41, 5.74) is 1.32. The normalized spacial score (nSPS) is 17.7. The van der Waals surface area contributed by atoms with Gasteiger partial charge < -0.3 is 10.2 Å². The summed E-state index contributed by atoms with van der Waals surface area (Å²) < 4.78 is 0. The van der Waals surface area contributed by atoms with Crippen molar-refractivity contribution in [2.75, 3.05) is 6.54 Å². The average molecular weight is 394 g/mol. The molecular weight excluding hydrogens is 370 g/mol. The number of aromatic hydroxyl groups is 1. The monoisotopic (exact) mass is 393 g/mol. The molecule has 1 saturated heterocycles. The van der Waals surface area contributed by atoms with Crippen LogP contribution in [0.2, 0.25) is 5.02 Å². The Morgan fingerprint density at radius 2 is 1.50 bits per heavy atom. The number of nitrogens with zero attached hydrogens (tertiary/aromatic N) is 1. The molecule has 2 N–H and O–H groups in total. The zero-order valence-electron chi connectivity index (χ0n) is 15.6. The van der Waals surface area contributed by atoms with Crippen LogP contribution in [0.3, 0.4) is 0 Å². The maximum atomic E-state index is 12.1. The van der Waals surface area contributed by atoms with E-state index >= 15 is 0 Å². The Labute approximate surface area is 170 Å². The molecule has 4 heteroatoms. The maximum absolute atomic E-state index is 12.1. The lowest BCUT2D eigenvalue weighted by Gasteiger charge is -2.40. The lowest BCUT2D eigenvalue weighted by Crippen LogP contribution is -2.48. The maximum Gasteiger partial charge on any atom is 0.130 e. The highest BCUT2D eigenvalue weighted by atomic mass is 35.5. The number of rotatable bonds is 5. The van der Waals surface area contributed by atoms with Crippen molar-refractivity contribution < 1.29 is 10.2 Å². The predicted molar refractivity (Wildman–Crippen MR) is 112 cm³/mol. The quantitative estimate of drug-likeness (QED) is 0.644. The molecule has 0 saturated carbocycles. The van der Waals surface area contributed by atoms with Gasteiger partial charge in [-0.1, -0.05) is 78.3 Å². The van der Waals surface area contributed by atoms with Gasteiger partial charge in [0.15, 0.2) is 0 Å². The van der Waals surface area contributed by atoms with Gasteiger partial charge in [-0.05, 0) is 42.6 Å². The number of halogens is 1. The Bertz CT molecular complexity index is 870. The van der Waals surface area contributed by atoms with Crippen LogP contribution in [0.15, 0.2) is 78.9 Å². The minimum absolute atomic E-state index is 0.118. The molecule has 0 spiro atoms. The van der Waals surface area contributed by atoms with Gasteiger partial charge in [-0.3, -0.25) is 4.90 Å². The number of aliphatic hydroxyl groups is 1. The van der Waals surface area contributed by atoms with Crippen molar-refractivity contribution in [2.45, 2.75) is 31.0 Å². The van der Waals surface area contributed by atoms with Gasteiger partial charge in [0.05, 0.1) is 0 Å². The Hall–Kier alpha value is -2.33. The molecule has 1 fully saturated rings. The van der Waals surface area contributed by atoms with E-state index in [1.807, 2.05) is 60.7 Å². The third-order valence-corrected chi connectivity index (χ3v) is 6.08. The molecule has 3 nitrogen and oxygen atoms in total. The van der Waals surface area contributed by atoms with Crippen LogP contribution in [0.1, 0.15) is 29.5 Å². The molecule has 0 radical (unpaired) electrons. The standard InChI is InChI=1S/C24H24ClNO2/c25-21-13-7-14-22(27)20(21)17-26-16-8-15-23(26)24(28,18-9-3-1-4-10-18)19-11-5-2-6-12-19/h1-7,9-14,23,27-28H,8,15-17H2/t23-/m1/s1. The molecule has 0 unspecified atom stereocenters. The number of likely N-dealkylation sites (tertiary alicyclic amines) is 1. The Kier molecular flexibility index (Phi) is 5.40. The summed E-state index contributed by atoms with van der Waals surface area (Å²) in [5, 5.41) is 23.0. The van der Waals surface area contributed by atoms with Gasteiger partial charge in [-0.25, -0.2) is 0 Å². The Morgan fingerprint density at radius 3 is 2.07 bits per heavy atom. The SMILES string of the molecule is Oc1cccc(Cl)c1CN1CCC[C@@H]1C(O)(c1ccccc1)c1ccccc1. The second-order valence-electron chi connectivity index (χ2n) is 7.36. The van der Waals surface area contributed by atoms with Crippen molar-refractivity contribution in [1.29, 1.82) is 0 Å². The number of phenols is 1. The van der Waals surface area contributed by atoms with E-state index in [1.54, 1.807) is 18.2 Å². The summed E-state index contributed by atoms with van der Waals surface area (Å²) in [6, 6.07) is 24.8. The fourth-order valence-electron chi connectivity index (χ4n) is 4.33. The van der Waals surface area contributed by atoms with Gasteiger partial charge in [0.25, 0.3) is 0 Å². The fraction of sp³-hybridized carbons (Fsp3) is 0.250. The first-order valence-corrected chi connectivity index (χ1v) is 10.0. The molecule has 1 aliphatic rings. The minimum Gasteiger partial charge on any atom is -0.508 e. The zero-order valence-corrected chi connectivity index (χ0v) is 16.4. The molecule has 3 aromatic carbocycles. The highest BCUT2D eigenvalue weighted by Crippen LogP contribution is 2.41. The van der Waals surface area contributed by atoms with Crippen molar-refractivity contribution >= 4 is 11.6 Å². The lowest BCUT2D eigenvalue weighted by molar-refractivity contribution is -0.00671. The summed E-state index contributed by atoms with van der Waals surface area (Å²) in [7, 11) is 0. The van der Waals surface area contributed by atoms with Crippen LogP contribution >= 0.6 is 11.6 Å². The van der Waals surface area contributed by atoms with Gasteiger partial charge >= 0.3 is 0 Å². The zero-order chi connectivity index (χ0) is 19.6. The number of hydrogen-bond donors (Lipinski definition) is 2. The van der Waals surface area contributed by atoms with Crippen LogP contribution in [-0.4, -0.2) is 27.7 Å². The van der Waals surface area contributed by atoms with Crippen LogP contribution in [0.5, 0.6) is 5.75 Å². The van der Waals surface area contributed by atoms with Crippen LogP contribution in [0.25, 0.3) is 0 Å². The molecule has 28 heavy (non-hydrogen) atoms. The van der Waals surface area contributed by atoms with Crippen molar-refractivity contribution in [2.24, 2.45) is 0 Å². The Balaban J connectivity index is 1.76. The van der Waals surface area contributed by atoms with E-state index in [4.69, 9.17) is 11.6 Å². The first kappa shape index (κ1) is 19.0. The van der Waals surface area contributed by atoms with Crippen LogP contribution in [0.4, 0.5) is 0 Å². The van der Waals surface area contributed by atoms with Gasteiger partial charge in [0.2, 0.25) is 0 Å². The van der Waals surface area contributed by atoms with Crippen molar-refractivity contribution in [3.63, 3.8) is 0 Å². The van der Waals surface area contributed by atoms with Gasteiger partial charge in [0, 0.05) is 23.2 Å². The molecule has 0 aromatic heterocycles. The van der Waals surface area contributed by atoms with Gasteiger partial charge in [-0.15, -0.1) is 0 Å². The van der Waals surface area contributed by atoms with Gasteiger partial charge in [-0.2, -0.15) is 0 Å². The molecule has 1 atom stereocenters. The molecule has 1 heterocycles. The smallest absolute Gasteiger partial charge is 0.130 e. The first-order valence-electron chi connectivity index (χ1n) is 9.64. The van der Waals surface area contributed by atoms with Crippen LogP contribution in [0, 0.1) is 0 Å². The second kappa shape index (κ2) is 7.96. The second-order valence-corrected chi connectivity index (χ2v) is 7.77. The summed E-state index contributed by atoms with van der Waals surface area (Å²) in [5.74, 6) is 0.195. The molecule has 1 aliphatic heterocycles. The van der Waals surface area contributed by atoms with Crippen molar-refractivity contribution in [3.8, 4) is 5.75 Å². The van der Waals surface area contributed by atoms with E-state index in [0.717, 1.165) is 30.5 Å². The molecule has 0 aliphatic carbocycles. The highest BCUT2D eigenvalue weighted by Gasteiger charge is 2.45. The molecule has 144 valence electrons. The third kappa shape index (κ3) is 3.42. The largest absolute Gasteiger partial charge is 0.508 e. The number of phenolic OH excluding ortho intramolecular Hbond substituents is 1. The summed E-state index contributed by atoms with van der Waals surface area (Å²) >= 11 is 6.35. The first-order chi connectivity index (χ1) is 13.6. The minimum atomic E-state index is -1.14. The van der Waals surface area contributed by atoms with Gasteiger partial charge in [0.1, 0.15) is 11.4 Å². The lowest BCUT2D eigenvalue weighted by atomic mass is 9.79. The summed E-state index contributed by atoms with van der Waals surface area (Å²) in [6.07, 6.45) is 1.85. The van der Waals surface area contributed by atoms with E-state index in [2.05, 4.69) is 4.90 Å². The topological polar surface area (TPSA) is 43.7 Å². The predicted octanol–water partition coefficient (Wildman–Crippen LogP) is 4.95. The molecule has 3 aromatic rings. The molecular formula is C24H24ClNO2. The van der Waals surface area contributed by atoms with E-state index < -0.39 is 5.60 Å². The molecule has 0 bridgehead atoms. The molecule has 4 rings (SSSR count). The van der Waals surface area contributed by atoms with E-state index in [0.29, 0.717) is 17.1 Å². The summed E-state index contributed by atoms with van der Waals surface area (Å²) in [6.45, 7) is 1.34. The Morgan fingerprint density at radius 1 is 0.893 bits per heavy atom. The summed E-state index contributed by atoms with van der Waals surface area (Å²) in [4.78, 5) is 2.24. The van der Waals surface area contributed by atoms with Crippen molar-refractivity contribution in [3.05, 3.63) is 101 Å². The van der Waals surface area contributed by atoms with E-state index in [-0.39, 0.29) is 11.8 Å². The fourth-order valence-corrected chi connectivity index (χ4v) is 4.56. The highest BCUT2D eigenvalue weighted by molar-refractivity contribution is 6.31. The average Bonchev–Trinajstić information content (AvgIpc) is 3.20. The van der Waals surface area contributed by atoms with Crippen LogP contribution < -0.4 is 0 Å². The molecule has 0 amide bonds. The number of hydrogen-bond acceptors (Lipinski definition) is 3. The van der Waals surface area contributed by atoms with Crippen molar-refractivity contribution in [1.82, 2.24) is 4.90 Å². The van der Waals surface area contributed by atoms with E-state index in [1.165, 1.54) is 0 Å². The third-order valence-electron chi connectivity index (χ3n) is 5.73. The van der Waals surface area contributed by atoms with E-state index in [9.17, 15) is 10.2 Å². The van der Waals surface area contributed by atoms with Crippen LogP contribution in [-0.2, 0) is 12.1 Å².